The molecule has 0 heterocycles. The molecule has 0 fully saturated rings. The van der Waals surface area contributed by atoms with E-state index in [4.69, 9.17) is 16.2 Å². The summed E-state index contributed by atoms with van der Waals surface area (Å²) in [7, 11) is 0. The predicted octanol–water partition coefficient (Wildman–Crippen LogP) is 2.00. The summed E-state index contributed by atoms with van der Waals surface area (Å²) < 4.78 is 18.7. The lowest BCUT2D eigenvalue weighted by Crippen LogP contribution is -2.20. The van der Waals surface area contributed by atoms with Crippen LogP contribution in [0.4, 0.5) is 4.39 Å². The normalized spacial score (nSPS) is 11.9. The second-order valence-electron chi connectivity index (χ2n) is 4.25. The van der Waals surface area contributed by atoms with Crippen molar-refractivity contribution in [2.24, 2.45) is 11.5 Å². The van der Waals surface area contributed by atoms with Gasteiger partial charge in [0.05, 0.1) is 5.56 Å². The van der Waals surface area contributed by atoms with Gasteiger partial charge >= 0.3 is 0 Å². The summed E-state index contributed by atoms with van der Waals surface area (Å²) in [6.07, 6.45) is -0.476. The molecule has 104 valence electrons. The minimum absolute atomic E-state index is 0.193. The third-order valence-corrected chi connectivity index (χ3v) is 2.88. The van der Waals surface area contributed by atoms with Gasteiger partial charge in [0.15, 0.2) is 0 Å². The van der Waals surface area contributed by atoms with Crippen molar-refractivity contribution >= 4 is 5.91 Å². The quantitative estimate of drug-likeness (QED) is 0.875. The van der Waals surface area contributed by atoms with Crippen LogP contribution in [0.5, 0.6) is 5.75 Å². The number of carbonyl (C=O) groups is 1. The minimum atomic E-state index is -0.574. The second kappa shape index (κ2) is 6.16. The Bertz CT molecular complexity index is 599. The van der Waals surface area contributed by atoms with Crippen molar-refractivity contribution in [3.05, 3.63) is 65.5 Å². The standard InChI is InChI=1S/C15H15FN2O2/c16-11-7-5-10(6-8-11)14(9-17)20-13-4-2-1-3-12(13)15(18)19/h1-8,14H,9,17H2,(H2,18,19). The van der Waals surface area contributed by atoms with Crippen molar-refractivity contribution < 1.29 is 13.9 Å². The van der Waals surface area contributed by atoms with Crippen molar-refractivity contribution in [3.63, 3.8) is 0 Å². The van der Waals surface area contributed by atoms with E-state index in [0.29, 0.717) is 5.75 Å². The van der Waals surface area contributed by atoms with Crippen molar-refractivity contribution in [1.29, 1.82) is 0 Å². The van der Waals surface area contributed by atoms with Gasteiger partial charge in [0.1, 0.15) is 17.7 Å². The highest BCUT2D eigenvalue weighted by atomic mass is 19.1. The first kappa shape index (κ1) is 14.0. The Balaban J connectivity index is 2.27. The van der Waals surface area contributed by atoms with Gasteiger partial charge in [-0.15, -0.1) is 0 Å². The smallest absolute Gasteiger partial charge is 0.252 e. The summed E-state index contributed by atoms with van der Waals surface area (Å²) in [6, 6.07) is 12.5. The average molecular weight is 274 g/mol. The van der Waals surface area contributed by atoms with E-state index in [0.717, 1.165) is 5.56 Å². The number of halogens is 1. The molecule has 4 N–H and O–H groups in total. The third kappa shape index (κ3) is 3.13. The van der Waals surface area contributed by atoms with Gasteiger partial charge in [0.2, 0.25) is 0 Å². The molecule has 4 nitrogen and oxygen atoms in total. The van der Waals surface area contributed by atoms with E-state index in [-0.39, 0.29) is 17.9 Å². The molecule has 0 aromatic heterocycles. The molecule has 20 heavy (non-hydrogen) atoms. The number of ether oxygens (including phenoxy) is 1. The maximum absolute atomic E-state index is 12.9. The maximum Gasteiger partial charge on any atom is 0.252 e. The zero-order chi connectivity index (χ0) is 14.5. The molecule has 0 aliphatic carbocycles. The van der Waals surface area contributed by atoms with E-state index >= 15 is 0 Å². The topological polar surface area (TPSA) is 78.3 Å². The number of para-hydroxylation sites is 1. The van der Waals surface area contributed by atoms with Crippen LogP contribution in [-0.2, 0) is 0 Å². The highest BCUT2D eigenvalue weighted by Crippen LogP contribution is 2.24. The first-order valence-corrected chi connectivity index (χ1v) is 6.13. The molecule has 0 spiro atoms. The monoisotopic (exact) mass is 274 g/mol. The van der Waals surface area contributed by atoms with Crippen LogP contribution in [-0.4, -0.2) is 12.5 Å². The number of nitrogens with two attached hydrogens (primary N) is 2. The van der Waals surface area contributed by atoms with Crippen LogP contribution in [0.25, 0.3) is 0 Å². The lowest BCUT2D eigenvalue weighted by Gasteiger charge is -2.19. The van der Waals surface area contributed by atoms with Crippen LogP contribution in [0.1, 0.15) is 22.0 Å². The van der Waals surface area contributed by atoms with Crippen molar-refractivity contribution in [2.45, 2.75) is 6.10 Å². The van der Waals surface area contributed by atoms with Crippen LogP contribution in [0.15, 0.2) is 48.5 Å². The first-order valence-electron chi connectivity index (χ1n) is 6.13. The van der Waals surface area contributed by atoms with Gasteiger partial charge in [-0.25, -0.2) is 4.39 Å². The number of hydrogen-bond acceptors (Lipinski definition) is 3. The molecule has 2 aromatic carbocycles. The van der Waals surface area contributed by atoms with Crippen molar-refractivity contribution in [1.82, 2.24) is 0 Å². The Morgan fingerprint density at radius 1 is 1.15 bits per heavy atom. The van der Waals surface area contributed by atoms with E-state index in [1.165, 1.54) is 12.1 Å². The summed E-state index contributed by atoms with van der Waals surface area (Å²) >= 11 is 0. The van der Waals surface area contributed by atoms with Crippen molar-refractivity contribution in [3.8, 4) is 5.75 Å². The molecule has 2 rings (SSSR count). The van der Waals surface area contributed by atoms with Crippen LogP contribution in [0, 0.1) is 5.82 Å². The van der Waals surface area contributed by atoms with E-state index in [1.54, 1.807) is 36.4 Å². The number of amides is 1. The van der Waals surface area contributed by atoms with E-state index in [1.807, 2.05) is 0 Å². The number of benzene rings is 2. The largest absolute Gasteiger partial charge is 0.484 e. The van der Waals surface area contributed by atoms with Gasteiger partial charge in [-0.3, -0.25) is 4.79 Å². The summed E-state index contributed by atoms with van der Waals surface area (Å²) in [5, 5.41) is 0. The molecule has 0 saturated carbocycles. The van der Waals surface area contributed by atoms with Crippen LogP contribution >= 0.6 is 0 Å². The van der Waals surface area contributed by atoms with Gasteiger partial charge in [-0.1, -0.05) is 24.3 Å². The molecule has 5 heteroatoms. The summed E-state index contributed by atoms with van der Waals surface area (Å²) in [5.74, 6) is -0.544. The third-order valence-electron chi connectivity index (χ3n) is 2.88. The minimum Gasteiger partial charge on any atom is -0.484 e. The van der Waals surface area contributed by atoms with E-state index < -0.39 is 12.0 Å². The lowest BCUT2D eigenvalue weighted by atomic mass is 10.1. The summed E-state index contributed by atoms with van der Waals surface area (Å²) in [6.45, 7) is 0.193. The Kier molecular flexibility index (Phi) is 4.32. The number of primary amides is 1. The zero-order valence-electron chi connectivity index (χ0n) is 10.8. The zero-order valence-corrected chi connectivity index (χ0v) is 10.8. The SMILES string of the molecule is NCC(Oc1ccccc1C(N)=O)c1ccc(F)cc1. The highest BCUT2D eigenvalue weighted by Gasteiger charge is 2.15. The number of carbonyl (C=O) groups excluding carboxylic acids is 1. The number of rotatable bonds is 5. The molecule has 0 saturated heterocycles. The Hall–Kier alpha value is -2.40. The first-order chi connectivity index (χ1) is 9.61. The maximum atomic E-state index is 12.9. The fourth-order valence-corrected chi connectivity index (χ4v) is 1.86. The Morgan fingerprint density at radius 3 is 2.40 bits per heavy atom. The predicted molar refractivity (Wildman–Crippen MR) is 73.8 cm³/mol. The van der Waals surface area contributed by atoms with Crippen LogP contribution < -0.4 is 16.2 Å². The van der Waals surface area contributed by atoms with E-state index in [2.05, 4.69) is 0 Å². The van der Waals surface area contributed by atoms with Crippen LogP contribution in [0.3, 0.4) is 0 Å². The summed E-state index contributed by atoms with van der Waals surface area (Å²) in [4.78, 5) is 11.3. The van der Waals surface area contributed by atoms with E-state index in [9.17, 15) is 9.18 Å². The highest BCUT2D eigenvalue weighted by molar-refractivity contribution is 5.95. The number of hydrogen-bond donors (Lipinski definition) is 2. The van der Waals surface area contributed by atoms with Crippen LogP contribution in [0.2, 0.25) is 0 Å². The van der Waals surface area contributed by atoms with Gasteiger partial charge in [-0.2, -0.15) is 0 Å². The molecule has 0 aliphatic heterocycles. The van der Waals surface area contributed by atoms with Gasteiger partial charge in [-0.05, 0) is 29.8 Å². The molecule has 1 amide bonds. The molecular formula is C15H15FN2O2. The summed E-state index contributed by atoms with van der Waals surface area (Å²) in [5.41, 5.74) is 12.0. The average Bonchev–Trinajstić information content (AvgIpc) is 2.46. The van der Waals surface area contributed by atoms with Gasteiger partial charge in [0.25, 0.3) is 5.91 Å². The molecule has 1 atom stereocenters. The fraction of sp³-hybridized carbons (Fsp3) is 0.133. The Morgan fingerprint density at radius 2 is 1.80 bits per heavy atom. The molecule has 0 bridgehead atoms. The van der Waals surface area contributed by atoms with Crippen molar-refractivity contribution in [2.75, 3.05) is 6.54 Å². The lowest BCUT2D eigenvalue weighted by molar-refractivity contribution is 0.0993. The Labute approximate surface area is 116 Å². The fourth-order valence-electron chi connectivity index (χ4n) is 1.86. The molecule has 0 radical (unpaired) electrons. The molecular weight excluding hydrogens is 259 g/mol. The molecule has 2 aromatic rings. The molecule has 1 unspecified atom stereocenters. The van der Waals surface area contributed by atoms with Gasteiger partial charge < -0.3 is 16.2 Å². The second-order valence-corrected chi connectivity index (χ2v) is 4.25. The van der Waals surface area contributed by atoms with Gasteiger partial charge in [0, 0.05) is 6.54 Å². The molecule has 0 aliphatic rings.